The van der Waals surface area contributed by atoms with Gasteiger partial charge in [-0.3, -0.25) is 4.79 Å². The van der Waals surface area contributed by atoms with Crippen LogP contribution in [0.25, 0.3) is 0 Å². The highest BCUT2D eigenvalue weighted by Gasteiger charge is 2.56. The van der Waals surface area contributed by atoms with Crippen LogP contribution in [0.1, 0.15) is 52.1 Å². The van der Waals surface area contributed by atoms with Gasteiger partial charge in [0.15, 0.2) is 0 Å². The Labute approximate surface area is 204 Å². The van der Waals surface area contributed by atoms with Crippen LogP contribution in [0.5, 0.6) is 0 Å². The van der Waals surface area contributed by atoms with Crippen LogP contribution in [0.15, 0.2) is 12.3 Å². The summed E-state index contributed by atoms with van der Waals surface area (Å²) in [7, 11) is 0. The van der Waals surface area contributed by atoms with Gasteiger partial charge in [0.2, 0.25) is 11.9 Å². The number of aliphatic hydroxyl groups is 1. The van der Waals surface area contributed by atoms with E-state index < -0.39 is 22.9 Å². The first-order chi connectivity index (χ1) is 16.4. The molecule has 4 atom stereocenters. The predicted molar refractivity (Wildman–Crippen MR) is 124 cm³/mol. The minimum atomic E-state index is -4.54. The summed E-state index contributed by atoms with van der Waals surface area (Å²) in [5.41, 5.74) is -3.10. The Balaban J connectivity index is 1.42. The molecule has 0 spiro atoms. The van der Waals surface area contributed by atoms with Gasteiger partial charge in [0.05, 0.1) is 17.6 Å². The second kappa shape index (κ2) is 9.82. The van der Waals surface area contributed by atoms with Gasteiger partial charge in [-0.25, -0.2) is 9.97 Å². The van der Waals surface area contributed by atoms with Crippen LogP contribution in [-0.2, 0) is 15.7 Å². The normalized spacial score (nSPS) is 30.5. The summed E-state index contributed by atoms with van der Waals surface area (Å²) in [6, 6.07) is 1.32. The summed E-state index contributed by atoms with van der Waals surface area (Å²) >= 11 is 0. The molecule has 1 aliphatic carbocycles. The lowest BCUT2D eigenvalue weighted by atomic mass is 9.70. The van der Waals surface area contributed by atoms with E-state index in [0.29, 0.717) is 51.0 Å². The number of ether oxygens (including phenoxy) is 1. The van der Waals surface area contributed by atoms with Crippen LogP contribution in [0, 0.1) is 11.3 Å². The fraction of sp³-hybridized carbons (Fsp3) is 0.792. The number of piperazine rings is 1. The molecule has 2 saturated heterocycles. The van der Waals surface area contributed by atoms with E-state index in [9.17, 15) is 23.1 Å². The second-order valence-electron chi connectivity index (χ2n) is 10.7. The molecule has 0 radical (unpaired) electrons. The highest BCUT2D eigenvalue weighted by Crippen LogP contribution is 2.48. The lowest BCUT2D eigenvalue weighted by molar-refractivity contribution is -0.158. The molecule has 196 valence electrons. The molecule has 2 N–H and O–H groups in total. The zero-order chi connectivity index (χ0) is 25.4. The molecule has 1 aromatic rings. The van der Waals surface area contributed by atoms with Crippen LogP contribution in [-0.4, -0.2) is 83.0 Å². The second-order valence-corrected chi connectivity index (χ2v) is 10.7. The molecule has 4 rings (SSSR count). The van der Waals surface area contributed by atoms with Crippen molar-refractivity contribution in [3.05, 3.63) is 18.0 Å². The number of alkyl halides is 3. The van der Waals surface area contributed by atoms with Gasteiger partial charge in [-0.1, -0.05) is 6.92 Å². The van der Waals surface area contributed by atoms with Crippen molar-refractivity contribution in [1.29, 1.82) is 0 Å². The van der Waals surface area contributed by atoms with E-state index in [1.807, 2.05) is 0 Å². The number of halogens is 3. The zero-order valence-electron chi connectivity index (χ0n) is 20.6. The van der Waals surface area contributed by atoms with E-state index >= 15 is 0 Å². The molecular formula is C24H36F3N5O3. The van der Waals surface area contributed by atoms with Gasteiger partial charge in [0.1, 0.15) is 5.69 Å². The fourth-order valence-electron chi connectivity index (χ4n) is 5.70. The molecule has 3 heterocycles. The fourth-order valence-corrected chi connectivity index (χ4v) is 5.70. The topological polar surface area (TPSA) is 90.8 Å². The van der Waals surface area contributed by atoms with Crippen molar-refractivity contribution < 1.29 is 27.8 Å². The number of carbonyl (C=O) groups excluding carboxylic acids is 1. The predicted octanol–water partition coefficient (Wildman–Crippen LogP) is 2.47. The first kappa shape index (κ1) is 26.1. The Morgan fingerprint density at radius 2 is 1.94 bits per heavy atom. The van der Waals surface area contributed by atoms with Gasteiger partial charge in [-0.05, 0) is 51.5 Å². The number of hydrogen-bond donors (Lipinski definition) is 2. The largest absolute Gasteiger partial charge is 0.433 e. The van der Waals surface area contributed by atoms with Gasteiger partial charge in [0.25, 0.3) is 0 Å². The molecule has 0 bridgehead atoms. The lowest BCUT2D eigenvalue weighted by Crippen LogP contribution is -2.59. The SMILES string of the molecule is CC1COCCC1N[C@@H]1CC[C@@](C(=O)N2CCN(c3nccc(C(F)(F)F)n3)CC2)(C(C)(C)O)C1. The standard InChI is InChI=1S/C24H36F3N5O3/c1-16-15-35-13-6-18(16)29-17-4-7-23(14-17,22(2,3)34)20(33)31-9-11-32(12-10-31)21-28-8-5-19(30-21)24(25,26)27/h5,8,16-18,29,34H,4,6-7,9-15H2,1-3H3/t16?,17-,18?,23-/m1/s1. The molecule has 2 unspecified atom stereocenters. The molecule has 8 nitrogen and oxygen atoms in total. The number of carbonyl (C=O) groups is 1. The van der Waals surface area contributed by atoms with Crippen molar-refractivity contribution in [3.63, 3.8) is 0 Å². The molecule has 0 aromatic carbocycles. The molecule has 2 aliphatic heterocycles. The number of anilines is 1. The van der Waals surface area contributed by atoms with E-state index in [1.54, 1.807) is 23.6 Å². The number of rotatable bonds is 5. The average Bonchev–Trinajstić information content (AvgIpc) is 3.25. The summed E-state index contributed by atoms with van der Waals surface area (Å²) in [6.07, 6.45) is -0.558. The summed E-state index contributed by atoms with van der Waals surface area (Å²) in [5.74, 6) is 0.321. The van der Waals surface area contributed by atoms with Gasteiger partial charge in [-0.15, -0.1) is 0 Å². The molecule has 35 heavy (non-hydrogen) atoms. The van der Waals surface area contributed by atoms with Crippen molar-refractivity contribution in [1.82, 2.24) is 20.2 Å². The third-order valence-electron chi connectivity index (χ3n) is 7.97. The zero-order valence-corrected chi connectivity index (χ0v) is 20.6. The number of hydrogen-bond acceptors (Lipinski definition) is 7. The van der Waals surface area contributed by atoms with E-state index in [2.05, 4.69) is 22.2 Å². The Morgan fingerprint density at radius 1 is 1.23 bits per heavy atom. The summed E-state index contributed by atoms with van der Waals surface area (Å²) in [5, 5.41) is 14.9. The number of aromatic nitrogens is 2. The third-order valence-corrected chi connectivity index (χ3v) is 7.97. The van der Waals surface area contributed by atoms with E-state index in [4.69, 9.17) is 4.74 Å². The van der Waals surface area contributed by atoms with Crippen LogP contribution in [0.3, 0.4) is 0 Å². The Bertz CT molecular complexity index is 901. The summed E-state index contributed by atoms with van der Waals surface area (Å²) < 4.78 is 44.6. The minimum Gasteiger partial charge on any atom is -0.389 e. The van der Waals surface area contributed by atoms with E-state index in [1.165, 1.54) is 0 Å². The van der Waals surface area contributed by atoms with Crippen LogP contribution >= 0.6 is 0 Å². The van der Waals surface area contributed by atoms with Crippen molar-refractivity contribution >= 4 is 11.9 Å². The molecule has 3 fully saturated rings. The van der Waals surface area contributed by atoms with Crippen molar-refractivity contribution in [3.8, 4) is 0 Å². The highest BCUT2D eigenvalue weighted by molar-refractivity contribution is 5.85. The quantitative estimate of drug-likeness (QED) is 0.643. The molecule has 1 amide bonds. The maximum atomic E-state index is 13.8. The van der Waals surface area contributed by atoms with Gasteiger partial charge >= 0.3 is 6.18 Å². The van der Waals surface area contributed by atoms with Gasteiger partial charge < -0.3 is 25.0 Å². The van der Waals surface area contributed by atoms with E-state index in [-0.39, 0.29) is 17.9 Å². The van der Waals surface area contributed by atoms with Crippen molar-refractivity contribution in [2.45, 2.75) is 70.3 Å². The molecule has 1 saturated carbocycles. The first-order valence-corrected chi connectivity index (χ1v) is 12.4. The average molecular weight is 500 g/mol. The lowest BCUT2D eigenvalue weighted by Gasteiger charge is -2.45. The maximum absolute atomic E-state index is 13.8. The Hall–Kier alpha value is -1.98. The Kier molecular flexibility index (Phi) is 7.32. The molecule has 11 heteroatoms. The van der Waals surface area contributed by atoms with Crippen LogP contribution < -0.4 is 10.2 Å². The highest BCUT2D eigenvalue weighted by atomic mass is 19.4. The van der Waals surface area contributed by atoms with Gasteiger partial charge in [0, 0.05) is 51.1 Å². The van der Waals surface area contributed by atoms with Crippen LogP contribution in [0.4, 0.5) is 19.1 Å². The smallest absolute Gasteiger partial charge is 0.389 e. The maximum Gasteiger partial charge on any atom is 0.433 e. The minimum absolute atomic E-state index is 0.0137. The monoisotopic (exact) mass is 499 g/mol. The van der Waals surface area contributed by atoms with Crippen molar-refractivity contribution in [2.75, 3.05) is 44.3 Å². The number of nitrogens with one attached hydrogen (secondary N) is 1. The van der Waals surface area contributed by atoms with Gasteiger partial charge in [-0.2, -0.15) is 13.2 Å². The Morgan fingerprint density at radius 3 is 2.57 bits per heavy atom. The summed E-state index contributed by atoms with van der Waals surface area (Å²) in [4.78, 5) is 24.9. The molecule has 1 aromatic heterocycles. The molecular weight excluding hydrogens is 463 g/mol. The van der Waals surface area contributed by atoms with Crippen molar-refractivity contribution in [2.24, 2.45) is 11.3 Å². The number of amides is 1. The van der Waals surface area contributed by atoms with Crippen LogP contribution in [0.2, 0.25) is 0 Å². The molecule has 3 aliphatic rings. The number of nitrogens with zero attached hydrogens (tertiary/aromatic N) is 4. The van der Waals surface area contributed by atoms with E-state index in [0.717, 1.165) is 38.3 Å². The first-order valence-electron chi connectivity index (χ1n) is 12.4. The third kappa shape index (κ3) is 5.41. The summed E-state index contributed by atoms with van der Waals surface area (Å²) in [6.45, 7) is 8.36.